The molecular formula is C19H18N2O4. The first-order chi connectivity index (χ1) is 11.9. The monoisotopic (exact) mass is 338 g/mol. The van der Waals surface area contributed by atoms with Crippen LogP contribution >= 0.6 is 0 Å². The van der Waals surface area contributed by atoms with Crippen LogP contribution in [0.2, 0.25) is 0 Å². The van der Waals surface area contributed by atoms with Crippen molar-refractivity contribution in [3.05, 3.63) is 64.1 Å². The summed E-state index contributed by atoms with van der Waals surface area (Å²) in [5.41, 5.74) is 3.26. The van der Waals surface area contributed by atoms with Gasteiger partial charge in [-0.05, 0) is 19.1 Å². The van der Waals surface area contributed by atoms with Crippen LogP contribution in [-0.4, -0.2) is 16.3 Å². The van der Waals surface area contributed by atoms with Gasteiger partial charge in [-0.3, -0.25) is 14.2 Å². The number of Topliss-reactive ketones (excluding diaryl/α,β-unsaturated/α-hetero) is 1. The Bertz CT molecular complexity index is 996. The molecule has 0 saturated heterocycles. The summed E-state index contributed by atoms with van der Waals surface area (Å²) in [5, 5.41) is 2.72. The fourth-order valence-electron chi connectivity index (χ4n) is 2.55. The summed E-state index contributed by atoms with van der Waals surface area (Å²) in [6.45, 7) is 1.95. The zero-order valence-corrected chi connectivity index (χ0v) is 14.0. The van der Waals surface area contributed by atoms with E-state index in [0.29, 0.717) is 22.4 Å². The predicted octanol–water partition coefficient (Wildman–Crippen LogP) is 3.04. The Hall–Kier alpha value is -3.15. The molecule has 0 aliphatic heterocycles. The molecule has 25 heavy (non-hydrogen) atoms. The first kappa shape index (κ1) is 16.7. The molecule has 0 spiro atoms. The van der Waals surface area contributed by atoms with E-state index >= 15 is 0 Å². The molecule has 0 aliphatic carbocycles. The van der Waals surface area contributed by atoms with Gasteiger partial charge in [0.25, 0.3) is 0 Å². The van der Waals surface area contributed by atoms with Gasteiger partial charge in [0.05, 0.1) is 5.52 Å². The molecule has 0 bridgehead atoms. The van der Waals surface area contributed by atoms with Gasteiger partial charge >= 0.3 is 5.76 Å². The molecule has 2 aromatic carbocycles. The fraction of sp³-hybridized carbons (Fsp3) is 0.211. The summed E-state index contributed by atoms with van der Waals surface area (Å²) in [7, 11) is 1.61. The molecule has 0 atom stereocenters. The molecule has 0 aliphatic rings. The molecule has 6 heteroatoms. The average Bonchev–Trinajstić information content (AvgIpc) is 2.87. The van der Waals surface area contributed by atoms with Gasteiger partial charge < -0.3 is 9.73 Å². The molecule has 1 N–H and O–H groups in total. The van der Waals surface area contributed by atoms with Crippen LogP contribution in [0.1, 0.15) is 28.8 Å². The Morgan fingerprint density at radius 3 is 2.52 bits per heavy atom. The van der Waals surface area contributed by atoms with Crippen molar-refractivity contribution in [2.24, 2.45) is 7.05 Å². The second-order valence-corrected chi connectivity index (χ2v) is 5.95. The number of oxazole rings is 1. The maximum absolute atomic E-state index is 12.1. The molecular weight excluding hydrogens is 320 g/mol. The highest BCUT2D eigenvalue weighted by Gasteiger charge is 2.11. The second-order valence-electron chi connectivity index (χ2n) is 5.95. The molecule has 0 radical (unpaired) electrons. The number of benzene rings is 2. The van der Waals surface area contributed by atoms with Crippen molar-refractivity contribution in [2.45, 2.75) is 19.8 Å². The predicted molar refractivity (Wildman–Crippen MR) is 94.8 cm³/mol. The summed E-state index contributed by atoms with van der Waals surface area (Å²) in [6.07, 6.45) is 0.223. The SMILES string of the molecule is Cc1ccc(C(=O)CCC(=O)Nc2ccc3c(c2)oc(=O)n3C)cc1. The molecule has 0 saturated carbocycles. The standard InChI is InChI=1S/C19H18N2O4/c1-12-3-5-13(6-4-12)16(22)9-10-18(23)20-14-7-8-15-17(11-14)25-19(24)21(15)2/h3-8,11H,9-10H2,1-2H3,(H,20,23). The minimum Gasteiger partial charge on any atom is -0.408 e. The van der Waals surface area contributed by atoms with Crippen molar-refractivity contribution < 1.29 is 14.0 Å². The van der Waals surface area contributed by atoms with Gasteiger partial charge in [-0.1, -0.05) is 29.8 Å². The number of fused-ring (bicyclic) bond motifs is 1. The highest BCUT2D eigenvalue weighted by molar-refractivity contribution is 6.00. The number of nitrogens with one attached hydrogen (secondary N) is 1. The Morgan fingerprint density at radius 2 is 1.80 bits per heavy atom. The normalized spacial score (nSPS) is 10.8. The van der Waals surface area contributed by atoms with Crippen LogP contribution in [0.4, 0.5) is 5.69 Å². The van der Waals surface area contributed by atoms with Crippen molar-refractivity contribution in [2.75, 3.05) is 5.32 Å². The summed E-state index contributed by atoms with van der Waals surface area (Å²) in [6, 6.07) is 12.3. The van der Waals surface area contributed by atoms with E-state index < -0.39 is 5.76 Å². The summed E-state index contributed by atoms with van der Waals surface area (Å²) >= 11 is 0. The second kappa shape index (κ2) is 6.76. The number of ketones is 1. The number of nitrogens with zero attached hydrogens (tertiary/aromatic N) is 1. The Morgan fingerprint density at radius 1 is 1.08 bits per heavy atom. The lowest BCUT2D eigenvalue weighted by Crippen LogP contribution is -2.13. The van der Waals surface area contributed by atoms with Gasteiger partial charge in [0.2, 0.25) is 5.91 Å². The van der Waals surface area contributed by atoms with Gasteiger partial charge in [0, 0.05) is 37.2 Å². The number of carbonyl (C=O) groups excluding carboxylic acids is 2. The number of hydrogen-bond donors (Lipinski definition) is 1. The number of aryl methyl sites for hydroxylation is 2. The van der Waals surface area contributed by atoms with Gasteiger partial charge in [0.1, 0.15) is 0 Å². The topological polar surface area (TPSA) is 81.3 Å². The third-order valence-corrected chi connectivity index (χ3v) is 4.03. The summed E-state index contributed by atoms with van der Waals surface area (Å²) < 4.78 is 6.48. The van der Waals surface area contributed by atoms with Crippen molar-refractivity contribution in [3.8, 4) is 0 Å². The van der Waals surface area contributed by atoms with Crippen LogP contribution in [0, 0.1) is 6.92 Å². The van der Waals surface area contributed by atoms with Gasteiger partial charge in [-0.25, -0.2) is 4.79 Å². The first-order valence-electron chi connectivity index (χ1n) is 7.93. The Kier molecular flexibility index (Phi) is 4.52. The number of aromatic nitrogens is 1. The van der Waals surface area contributed by atoms with E-state index in [-0.39, 0.29) is 24.5 Å². The number of rotatable bonds is 5. The van der Waals surface area contributed by atoms with Gasteiger partial charge in [0.15, 0.2) is 11.4 Å². The smallest absolute Gasteiger partial charge is 0.408 e. The zero-order valence-electron chi connectivity index (χ0n) is 14.0. The molecule has 1 heterocycles. The minimum atomic E-state index is -0.456. The minimum absolute atomic E-state index is 0.0698. The molecule has 3 aromatic rings. The molecule has 1 amide bonds. The molecule has 6 nitrogen and oxygen atoms in total. The van der Waals surface area contributed by atoms with E-state index in [4.69, 9.17) is 4.42 Å². The number of carbonyl (C=O) groups is 2. The molecule has 1 aromatic heterocycles. The summed E-state index contributed by atoms with van der Waals surface area (Å²) in [5.74, 6) is -0.792. The molecule has 0 fully saturated rings. The maximum atomic E-state index is 12.1. The van der Waals surface area contributed by atoms with Crippen LogP contribution in [0.3, 0.4) is 0 Å². The number of hydrogen-bond acceptors (Lipinski definition) is 4. The van der Waals surface area contributed by atoms with Gasteiger partial charge in [-0.2, -0.15) is 0 Å². The first-order valence-corrected chi connectivity index (χ1v) is 7.93. The molecule has 3 rings (SSSR count). The molecule has 128 valence electrons. The van der Waals surface area contributed by atoms with E-state index in [0.717, 1.165) is 5.56 Å². The molecule has 0 unspecified atom stereocenters. The third-order valence-electron chi connectivity index (χ3n) is 4.03. The lowest BCUT2D eigenvalue weighted by Gasteiger charge is -2.05. The van der Waals surface area contributed by atoms with Crippen molar-refractivity contribution >= 4 is 28.5 Å². The van der Waals surface area contributed by atoms with E-state index in [9.17, 15) is 14.4 Å². The Labute approximate surface area is 144 Å². The van der Waals surface area contributed by atoms with E-state index in [2.05, 4.69) is 5.32 Å². The average molecular weight is 338 g/mol. The number of amides is 1. The van der Waals surface area contributed by atoms with E-state index in [1.54, 1.807) is 37.4 Å². The van der Waals surface area contributed by atoms with E-state index in [1.807, 2.05) is 19.1 Å². The lowest BCUT2D eigenvalue weighted by molar-refractivity contribution is -0.116. The fourth-order valence-corrected chi connectivity index (χ4v) is 2.55. The quantitative estimate of drug-likeness (QED) is 0.725. The largest absolute Gasteiger partial charge is 0.419 e. The highest BCUT2D eigenvalue weighted by Crippen LogP contribution is 2.18. The van der Waals surface area contributed by atoms with Crippen LogP contribution in [0.5, 0.6) is 0 Å². The summed E-state index contributed by atoms with van der Waals surface area (Å²) in [4.78, 5) is 35.6. The van der Waals surface area contributed by atoms with Crippen LogP contribution in [0.15, 0.2) is 51.7 Å². The van der Waals surface area contributed by atoms with Gasteiger partial charge in [-0.15, -0.1) is 0 Å². The lowest BCUT2D eigenvalue weighted by atomic mass is 10.0. The Balaban J connectivity index is 1.61. The van der Waals surface area contributed by atoms with Crippen LogP contribution < -0.4 is 11.1 Å². The van der Waals surface area contributed by atoms with Crippen LogP contribution in [0.25, 0.3) is 11.1 Å². The number of anilines is 1. The zero-order chi connectivity index (χ0) is 18.0. The maximum Gasteiger partial charge on any atom is 0.419 e. The third kappa shape index (κ3) is 3.68. The van der Waals surface area contributed by atoms with E-state index in [1.165, 1.54) is 4.57 Å². The highest BCUT2D eigenvalue weighted by atomic mass is 16.4. The van der Waals surface area contributed by atoms with Crippen molar-refractivity contribution in [1.82, 2.24) is 4.57 Å². The van der Waals surface area contributed by atoms with Crippen LogP contribution in [-0.2, 0) is 11.8 Å². The van der Waals surface area contributed by atoms with Crippen molar-refractivity contribution in [3.63, 3.8) is 0 Å². The van der Waals surface area contributed by atoms with Crippen molar-refractivity contribution in [1.29, 1.82) is 0 Å².